The van der Waals surface area contributed by atoms with Gasteiger partial charge in [0.15, 0.2) is 5.43 Å². The van der Waals surface area contributed by atoms with Gasteiger partial charge in [0.25, 0.3) is 0 Å². The monoisotopic (exact) mass is 544 g/mol. The molecule has 0 amide bonds. The van der Waals surface area contributed by atoms with Crippen LogP contribution in [0.1, 0.15) is 31.0 Å². The third kappa shape index (κ3) is 4.43. The summed E-state index contributed by atoms with van der Waals surface area (Å²) in [6.45, 7) is 5.62. The van der Waals surface area contributed by atoms with Gasteiger partial charge in [0.05, 0.1) is 28.6 Å². The fourth-order valence-electron chi connectivity index (χ4n) is 5.48. The van der Waals surface area contributed by atoms with Crippen molar-refractivity contribution in [2.75, 3.05) is 13.1 Å². The second kappa shape index (κ2) is 9.22. The van der Waals surface area contributed by atoms with E-state index in [1.165, 1.54) is 12.1 Å². The van der Waals surface area contributed by atoms with Crippen LogP contribution >= 0.6 is 0 Å². The van der Waals surface area contributed by atoms with Gasteiger partial charge in [-0.2, -0.15) is 13.7 Å². The average molecular weight is 545 g/mol. The van der Waals surface area contributed by atoms with E-state index in [-0.39, 0.29) is 23.1 Å². The Bertz CT molecular complexity index is 2000. The number of H-pyrrole nitrogens is 1. The topological polar surface area (TPSA) is 117 Å². The molecule has 2 aromatic heterocycles. The van der Waals surface area contributed by atoms with Crippen molar-refractivity contribution in [3.8, 4) is 22.9 Å². The fourth-order valence-corrected chi connectivity index (χ4v) is 5.81. The number of hydrogen-bond acceptors (Lipinski definition) is 6. The highest BCUT2D eigenvalue weighted by Gasteiger charge is 2.26. The van der Waals surface area contributed by atoms with Crippen LogP contribution < -0.4 is 14.9 Å². The predicted octanol–water partition coefficient (Wildman–Crippen LogP) is 5.11. The Hall–Kier alpha value is -4.20. The number of nitrogens with zero attached hydrogens (tertiary/aromatic N) is 2. The molecular formula is C29H25FN4O4S. The van der Waals surface area contributed by atoms with Gasteiger partial charge in [-0.1, -0.05) is 35.9 Å². The minimum absolute atomic E-state index is 0.0919. The van der Waals surface area contributed by atoms with Crippen LogP contribution in [0.15, 0.2) is 59.4 Å². The molecule has 3 aromatic carbocycles. The highest BCUT2D eigenvalue weighted by molar-refractivity contribution is 7.81. The van der Waals surface area contributed by atoms with E-state index < -0.39 is 10.5 Å². The number of benzene rings is 3. The predicted molar refractivity (Wildman–Crippen MR) is 149 cm³/mol. The molecular weight excluding hydrogens is 519 g/mol. The minimum Gasteiger partial charge on any atom is -0.358 e. The smallest absolute Gasteiger partial charge is 0.358 e. The molecule has 198 valence electrons. The first kappa shape index (κ1) is 25.1. The summed E-state index contributed by atoms with van der Waals surface area (Å²) < 4.78 is 42.1. The standard InChI is InChI=1S/C29H25FN4O4S/c1-16(2)8-19-11-24-26(12-23(19)18-4-3-5-21(10-18)38-39(30,36)37)34(20-14-32-15-20)29-27(28(24)35)22-7-6-17(13-31)9-25(22)33-29/h3-7,9-12,16,20,32-33H,8,14-15H2,1-2H3. The van der Waals surface area contributed by atoms with E-state index in [1.807, 2.05) is 18.2 Å². The van der Waals surface area contributed by atoms with Crippen molar-refractivity contribution in [3.05, 3.63) is 75.9 Å². The molecule has 0 unspecified atom stereocenters. The zero-order chi connectivity index (χ0) is 27.5. The highest BCUT2D eigenvalue weighted by atomic mass is 32.3. The second-order valence-electron chi connectivity index (χ2n) is 10.4. The number of hydrogen-bond donors (Lipinski definition) is 2. The maximum absolute atomic E-state index is 14.1. The molecule has 1 fully saturated rings. The molecule has 1 saturated heterocycles. The van der Waals surface area contributed by atoms with E-state index in [2.05, 4.69) is 39.0 Å². The van der Waals surface area contributed by atoms with Crippen LogP contribution in [-0.2, 0) is 16.9 Å². The normalized spacial score (nSPS) is 14.2. The lowest BCUT2D eigenvalue weighted by Crippen LogP contribution is -2.44. The Morgan fingerprint density at radius 2 is 1.92 bits per heavy atom. The molecule has 1 aliphatic heterocycles. The van der Waals surface area contributed by atoms with Gasteiger partial charge in [0.2, 0.25) is 0 Å². The number of halogens is 1. The first-order valence-electron chi connectivity index (χ1n) is 12.6. The van der Waals surface area contributed by atoms with Gasteiger partial charge in [-0.25, -0.2) is 0 Å². The molecule has 10 heteroatoms. The number of aromatic nitrogens is 2. The largest absolute Gasteiger partial charge is 0.488 e. The van der Waals surface area contributed by atoms with Crippen molar-refractivity contribution in [2.24, 2.45) is 5.92 Å². The van der Waals surface area contributed by atoms with Crippen molar-refractivity contribution >= 4 is 43.3 Å². The number of fused-ring (bicyclic) bond motifs is 4. The molecule has 0 aliphatic carbocycles. The minimum atomic E-state index is -5.18. The Morgan fingerprint density at radius 3 is 2.59 bits per heavy atom. The van der Waals surface area contributed by atoms with Gasteiger partial charge in [-0.3, -0.25) is 4.79 Å². The lowest BCUT2D eigenvalue weighted by atomic mass is 9.91. The van der Waals surface area contributed by atoms with E-state index >= 15 is 0 Å². The quantitative estimate of drug-likeness (QED) is 0.287. The van der Waals surface area contributed by atoms with E-state index in [4.69, 9.17) is 0 Å². The zero-order valence-electron chi connectivity index (χ0n) is 21.3. The summed E-state index contributed by atoms with van der Waals surface area (Å²) in [7, 11) is -5.18. The molecule has 2 N–H and O–H groups in total. The van der Waals surface area contributed by atoms with E-state index in [9.17, 15) is 22.4 Å². The average Bonchev–Trinajstić information content (AvgIpc) is 3.22. The van der Waals surface area contributed by atoms with Crippen LogP contribution in [0, 0.1) is 17.2 Å². The summed E-state index contributed by atoms with van der Waals surface area (Å²) in [6, 6.07) is 17.7. The van der Waals surface area contributed by atoms with Crippen LogP contribution in [0.5, 0.6) is 5.75 Å². The summed E-state index contributed by atoms with van der Waals surface area (Å²) in [5, 5.41) is 14.6. The van der Waals surface area contributed by atoms with Gasteiger partial charge in [-0.15, -0.1) is 0 Å². The van der Waals surface area contributed by atoms with Gasteiger partial charge < -0.3 is 19.1 Å². The Morgan fingerprint density at radius 1 is 1.13 bits per heavy atom. The van der Waals surface area contributed by atoms with Crippen LogP contribution in [0.4, 0.5) is 3.89 Å². The van der Waals surface area contributed by atoms with E-state index in [0.717, 1.165) is 40.6 Å². The Kier molecular flexibility index (Phi) is 5.93. The van der Waals surface area contributed by atoms with Crippen LogP contribution in [0.25, 0.3) is 44.0 Å². The maximum atomic E-state index is 14.1. The molecule has 1 aliphatic rings. The third-order valence-electron chi connectivity index (χ3n) is 7.20. The van der Waals surface area contributed by atoms with Crippen LogP contribution in [-0.4, -0.2) is 31.1 Å². The molecule has 0 bridgehead atoms. The SMILES string of the molecule is CC(C)Cc1cc2c(=O)c3c4ccc(C#N)cc4[nH]c3n(C3CNC3)c2cc1-c1cccc(OS(=O)(=O)F)c1. The maximum Gasteiger partial charge on any atom is 0.488 e. The molecule has 39 heavy (non-hydrogen) atoms. The molecule has 0 radical (unpaired) electrons. The summed E-state index contributed by atoms with van der Waals surface area (Å²) in [6.07, 6.45) is 0.666. The molecule has 0 atom stereocenters. The zero-order valence-corrected chi connectivity index (χ0v) is 22.1. The molecule has 0 saturated carbocycles. The van der Waals surface area contributed by atoms with Crippen molar-refractivity contribution in [2.45, 2.75) is 26.3 Å². The molecule has 6 rings (SSSR count). The summed E-state index contributed by atoms with van der Waals surface area (Å²) >= 11 is 0. The molecule has 3 heterocycles. The first-order valence-corrected chi connectivity index (χ1v) is 14.0. The lowest BCUT2D eigenvalue weighted by Gasteiger charge is -2.32. The molecule has 5 aromatic rings. The Balaban J connectivity index is 1.69. The van der Waals surface area contributed by atoms with Crippen LogP contribution in [0.2, 0.25) is 0 Å². The van der Waals surface area contributed by atoms with E-state index in [1.54, 1.807) is 24.3 Å². The van der Waals surface area contributed by atoms with Gasteiger partial charge >= 0.3 is 10.5 Å². The van der Waals surface area contributed by atoms with E-state index in [0.29, 0.717) is 34.0 Å². The van der Waals surface area contributed by atoms with Crippen molar-refractivity contribution in [1.82, 2.24) is 14.9 Å². The number of aromatic amines is 1. The fraction of sp³-hybridized carbons (Fsp3) is 0.241. The number of rotatable bonds is 6. The van der Waals surface area contributed by atoms with Crippen molar-refractivity contribution in [1.29, 1.82) is 5.26 Å². The highest BCUT2D eigenvalue weighted by Crippen LogP contribution is 2.36. The van der Waals surface area contributed by atoms with Gasteiger partial charge in [0.1, 0.15) is 11.4 Å². The first-order chi connectivity index (χ1) is 18.6. The molecule has 0 spiro atoms. The van der Waals surface area contributed by atoms with Crippen molar-refractivity contribution < 1.29 is 16.5 Å². The van der Waals surface area contributed by atoms with Crippen molar-refractivity contribution in [3.63, 3.8) is 0 Å². The van der Waals surface area contributed by atoms with Crippen LogP contribution in [0.3, 0.4) is 0 Å². The van der Waals surface area contributed by atoms with Gasteiger partial charge in [0, 0.05) is 29.4 Å². The lowest BCUT2D eigenvalue weighted by molar-refractivity contribution is 0.357. The second-order valence-corrected chi connectivity index (χ2v) is 11.3. The number of nitriles is 1. The summed E-state index contributed by atoms with van der Waals surface area (Å²) in [4.78, 5) is 17.5. The van der Waals surface area contributed by atoms with Gasteiger partial charge in [-0.05, 0) is 65.4 Å². The number of pyridine rings is 1. The number of nitrogens with one attached hydrogen (secondary N) is 2. The third-order valence-corrected chi connectivity index (χ3v) is 7.59. The summed E-state index contributed by atoms with van der Waals surface area (Å²) in [5.74, 6) is 0.136. The summed E-state index contributed by atoms with van der Waals surface area (Å²) in [5.41, 5.74) is 4.91. The Labute approximate surface area is 224 Å². The molecule has 8 nitrogen and oxygen atoms in total.